The monoisotopic (exact) mass is 516 g/mol. The van der Waals surface area contributed by atoms with Crippen molar-refractivity contribution in [3.63, 3.8) is 0 Å². The number of amides is 3. The minimum absolute atomic E-state index is 0.0204. The second-order valence-electron chi connectivity index (χ2n) is 10.9. The number of likely N-dealkylation sites (tertiary alicyclic amines) is 1. The number of carbonyl (C=O) groups is 4. The van der Waals surface area contributed by atoms with E-state index in [1.165, 1.54) is 12.1 Å². The van der Waals surface area contributed by atoms with Gasteiger partial charge in [0.15, 0.2) is 5.78 Å². The molecule has 1 aromatic heterocycles. The van der Waals surface area contributed by atoms with Gasteiger partial charge in [0.2, 0.25) is 11.8 Å². The van der Waals surface area contributed by atoms with E-state index in [2.05, 4.69) is 29.5 Å². The molecule has 0 bridgehead atoms. The smallest absolute Gasteiger partial charge is 0.268 e. The maximum Gasteiger partial charge on any atom is 0.268 e. The number of carbonyl (C=O) groups excluding carboxylic acids is 4. The Morgan fingerprint density at radius 3 is 2.58 bits per heavy atom. The third-order valence-corrected chi connectivity index (χ3v) is 8.50. The first-order valence-electron chi connectivity index (χ1n) is 12.3. The van der Waals surface area contributed by atoms with Crippen molar-refractivity contribution in [3.05, 3.63) is 35.8 Å². The number of ketones is 1. The van der Waals surface area contributed by atoms with E-state index in [4.69, 9.17) is 11.6 Å². The van der Waals surface area contributed by atoms with E-state index < -0.39 is 29.8 Å². The van der Waals surface area contributed by atoms with Gasteiger partial charge in [0, 0.05) is 17.4 Å². The number of hydrogen-bond acceptors (Lipinski definition) is 4. The molecule has 0 radical (unpaired) electrons. The standard InChI is InChI=1S/C26H30ClFN4O4/c1-12(19(33)10-27)29-24(35)22-20-15(26(20,2)3)11-32(22)25(36)21(13-7-8-13)31-23(34)18-9-14-16(28)5-4-6-17(14)30-18/h4-6,9,12-13,15,20-22,30H,7-8,10-11H2,1-3H3,(H,29,35)(H,31,34)/t12?,15-,20-,21?,22-/m0/s1. The van der Waals surface area contributed by atoms with Crippen LogP contribution in [0.25, 0.3) is 10.9 Å². The molecule has 2 aromatic rings. The second-order valence-corrected chi connectivity index (χ2v) is 11.2. The minimum Gasteiger partial charge on any atom is -0.350 e. The molecule has 3 amide bonds. The number of nitrogens with one attached hydrogen (secondary N) is 3. The Bertz CT molecular complexity index is 1260. The van der Waals surface area contributed by atoms with Gasteiger partial charge >= 0.3 is 0 Å². The molecular formula is C26H30ClFN4O4. The molecule has 2 unspecified atom stereocenters. The fraction of sp³-hybridized carbons (Fsp3) is 0.538. The van der Waals surface area contributed by atoms with E-state index >= 15 is 0 Å². The Balaban J connectivity index is 1.35. The lowest BCUT2D eigenvalue weighted by Crippen LogP contribution is -2.57. The summed E-state index contributed by atoms with van der Waals surface area (Å²) in [5.74, 6) is -1.99. The maximum absolute atomic E-state index is 14.1. The first kappa shape index (κ1) is 24.7. The van der Waals surface area contributed by atoms with Crippen LogP contribution in [0.4, 0.5) is 4.39 Å². The first-order valence-corrected chi connectivity index (χ1v) is 12.9. The lowest BCUT2D eigenvalue weighted by atomic mass is 9.98. The number of rotatable bonds is 8. The third kappa shape index (κ3) is 4.17. The molecule has 36 heavy (non-hydrogen) atoms. The Hall–Kier alpha value is -2.94. The molecule has 192 valence electrons. The van der Waals surface area contributed by atoms with Gasteiger partial charge in [0.05, 0.1) is 11.9 Å². The van der Waals surface area contributed by atoms with Crippen LogP contribution in [0.1, 0.15) is 44.1 Å². The molecule has 5 atom stereocenters. The van der Waals surface area contributed by atoms with Crippen molar-refractivity contribution < 1.29 is 23.6 Å². The van der Waals surface area contributed by atoms with Crippen LogP contribution in [-0.2, 0) is 14.4 Å². The number of Topliss-reactive ketones (excluding diaryl/α,β-unsaturated/α-hetero) is 1. The van der Waals surface area contributed by atoms with Gasteiger partial charge in [0.1, 0.15) is 23.6 Å². The van der Waals surface area contributed by atoms with Crippen LogP contribution in [0, 0.1) is 29.0 Å². The van der Waals surface area contributed by atoms with Crippen LogP contribution in [0.3, 0.4) is 0 Å². The number of alkyl halides is 1. The number of halogens is 2. The van der Waals surface area contributed by atoms with Gasteiger partial charge in [-0.05, 0) is 61.1 Å². The number of aromatic amines is 1. The molecule has 8 nitrogen and oxygen atoms in total. The zero-order valence-electron chi connectivity index (χ0n) is 20.4. The van der Waals surface area contributed by atoms with Crippen LogP contribution in [0.15, 0.2) is 24.3 Å². The van der Waals surface area contributed by atoms with Gasteiger partial charge in [-0.2, -0.15) is 0 Å². The highest BCUT2D eigenvalue weighted by atomic mass is 35.5. The Morgan fingerprint density at radius 1 is 1.22 bits per heavy atom. The molecule has 10 heteroatoms. The molecule has 2 saturated carbocycles. The highest BCUT2D eigenvalue weighted by molar-refractivity contribution is 6.28. The van der Waals surface area contributed by atoms with E-state index in [9.17, 15) is 23.6 Å². The Morgan fingerprint density at radius 2 is 1.94 bits per heavy atom. The van der Waals surface area contributed by atoms with Gasteiger partial charge in [-0.3, -0.25) is 19.2 Å². The van der Waals surface area contributed by atoms with Gasteiger partial charge in [-0.1, -0.05) is 19.9 Å². The van der Waals surface area contributed by atoms with Crippen LogP contribution in [-0.4, -0.2) is 63.9 Å². The van der Waals surface area contributed by atoms with Crippen molar-refractivity contribution in [1.82, 2.24) is 20.5 Å². The van der Waals surface area contributed by atoms with Crippen molar-refractivity contribution in [3.8, 4) is 0 Å². The molecule has 1 aliphatic heterocycles. The highest BCUT2D eigenvalue weighted by Crippen LogP contribution is 2.65. The number of H-pyrrole nitrogens is 1. The number of hydrogen-bond donors (Lipinski definition) is 3. The van der Waals surface area contributed by atoms with E-state index in [1.807, 2.05) is 0 Å². The summed E-state index contributed by atoms with van der Waals surface area (Å²) in [6.07, 6.45) is 1.59. The third-order valence-electron chi connectivity index (χ3n) is 8.24. The SMILES string of the molecule is CC(NC(=O)[C@@H]1[C@@H]2[C@H](CN1C(=O)C(NC(=O)c1cc3c(F)cccc3[nH]1)C1CC1)C2(C)C)C(=O)CCl. The molecule has 2 aliphatic carbocycles. The normalized spacial score (nSPS) is 25.7. The topological polar surface area (TPSA) is 111 Å². The summed E-state index contributed by atoms with van der Waals surface area (Å²) in [6, 6.07) is 3.73. The lowest BCUT2D eigenvalue weighted by molar-refractivity contribution is -0.142. The van der Waals surface area contributed by atoms with Crippen LogP contribution in [0.5, 0.6) is 0 Å². The molecular weight excluding hydrogens is 487 g/mol. The van der Waals surface area contributed by atoms with Gasteiger partial charge in [-0.25, -0.2) is 4.39 Å². The number of fused-ring (bicyclic) bond motifs is 2. The summed E-state index contributed by atoms with van der Waals surface area (Å²) >= 11 is 5.64. The maximum atomic E-state index is 14.1. The molecule has 0 spiro atoms. The largest absolute Gasteiger partial charge is 0.350 e. The van der Waals surface area contributed by atoms with Crippen LogP contribution >= 0.6 is 11.6 Å². The zero-order chi connectivity index (χ0) is 25.9. The summed E-state index contributed by atoms with van der Waals surface area (Å²) in [7, 11) is 0. The second kappa shape index (κ2) is 8.87. The molecule has 2 heterocycles. The minimum atomic E-state index is -0.786. The predicted molar refractivity (Wildman–Crippen MR) is 132 cm³/mol. The summed E-state index contributed by atoms with van der Waals surface area (Å²) in [5.41, 5.74) is 0.570. The van der Waals surface area contributed by atoms with Crippen molar-refractivity contribution in [2.75, 3.05) is 12.4 Å². The number of nitrogens with zero attached hydrogens (tertiary/aromatic N) is 1. The van der Waals surface area contributed by atoms with Crippen molar-refractivity contribution in [1.29, 1.82) is 0 Å². The van der Waals surface area contributed by atoms with Crippen LogP contribution in [0.2, 0.25) is 0 Å². The average Bonchev–Trinajstić information content (AvgIpc) is 3.61. The summed E-state index contributed by atoms with van der Waals surface area (Å²) < 4.78 is 14.1. The molecule has 1 aromatic carbocycles. The zero-order valence-corrected chi connectivity index (χ0v) is 21.2. The van der Waals surface area contributed by atoms with E-state index in [-0.39, 0.29) is 52.3 Å². The van der Waals surface area contributed by atoms with Crippen molar-refractivity contribution >= 4 is 46.0 Å². The number of piperidine rings is 1. The lowest BCUT2D eigenvalue weighted by Gasteiger charge is -2.33. The van der Waals surface area contributed by atoms with Crippen LogP contribution < -0.4 is 10.6 Å². The van der Waals surface area contributed by atoms with Gasteiger partial charge < -0.3 is 20.5 Å². The summed E-state index contributed by atoms with van der Waals surface area (Å²) in [5, 5.41) is 5.87. The van der Waals surface area contributed by atoms with E-state index in [0.717, 1.165) is 12.8 Å². The van der Waals surface area contributed by atoms with E-state index in [0.29, 0.717) is 17.4 Å². The van der Waals surface area contributed by atoms with Crippen molar-refractivity contribution in [2.24, 2.45) is 23.2 Å². The molecule has 3 fully saturated rings. The summed E-state index contributed by atoms with van der Waals surface area (Å²) in [6.45, 7) is 6.15. The molecule has 5 rings (SSSR count). The average molecular weight is 517 g/mol. The fourth-order valence-electron chi connectivity index (χ4n) is 5.76. The van der Waals surface area contributed by atoms with Gasteiger partial charge in [0.25, 0.3) is 5.91 Å². The summed E-state index contributed by atoms with van der Waals surface area (Å²) in [4.78, 5) is 56.5. The fourth-order valence-corrected chi connectivity index (χ4v) is 5.99. The number of aromatic nitrogens is 1. The quantitative estimate of drug-likeness (QED) is 0.468. The van der Waals surface area contributed by atoms with Crippen molar-refractivity contribution in [2.45, 2.75) is 51.7 Å². The van der Waals surface area contributed by atoms with E-state index in [1.54, 1.807) is 24.0 Å². The first-order chi connectivity index (χ1) is 17.0. The predicted octanol–water partition coefficient (Wildman–Crippen LogP) is 2.61. The Labute approximate surface area is 213 Å². The molecule has 1 saturated heterocycles. The Kier molecular flexibility index (Phi) is 6.09. The highest BCUT2D eigenvalue weighted by Gasteiger charge is 2.69. The van der Waals surface area contributed by atoms with Gasteiger partial charge in [-0.15, -0.1) is 11.6 Å². The number of benzene rings is 1. The molecule has 3 N–H and O–H groups in total. The molecule has 3 aliphatic rings.